The molecule has 0 aromatic heterocycles. The number of aliphatic imine (C=N–C) groups is 1. The quantitative estimate of drug-likeness (QED) is 0.410. The summed E-state index contributed by atoms with van der Waals surface area (Å²) in [5.74, 6) is -1.40. The molecule has 1 aliphatic heterocycles. The largest absolute Gasteiger partial charge is 0.396 e. The van der Waals surface area contributed by atoms with Gasteiger partial charge in [-0.2, -0.15) is 0 Å². The highest BCUT2D eigenvalue weighted by molar-refractivity contribution is 6.69. The molecule has 0 saturated carbocycles. The van der Waals surface area contributed by atoms with E-state index in [-0.39, 0.29) is 23.0 Å². The molecule has 3 N–H and O–H groups in total. The summed E-state index contributed by atoms with van der Waals surface area (Å²) in [6.07, 6.45) is 2.70. The Morgan fingerprint density at radius 2 is 2.00 bits per heavy atom. The maximum atomic E-state index is 13.7. The Morgan fingerprint density at radius 3 is 2.62 bits per heavy atom. The van der Waals surface area contributed by atoms with Crippen LogP contribution in [0.4, 0.5) is 8.78 Å². The standard InChI is InChI=1S/C18H22ClF2N3O2/c19-18(24-10-14-15(20)2-1-3-16(14)21)13(17(22)11-25)4-7-23-12-5-8-26-9-6-12/h1-3,11-12,23H,4-10,22H2. The minimum absolute atomic E-state index is 0.0222. The summed E-state index contributed by atoms with van der Waals surface area (Å²) in [4.78, 5) is 15.1. The Balaban J connectivity index is 2.02. The number of carbonyl (C=O) groups excluding carboxylic acids is 1. The fourth-order valence-electron chi connectivity index (χ4n) is 2.67. The number of allylic oxidation sites excluding steroid dienone is 1. The van der Waals surface area contributed by atoms with Gasteiger partial charge in [-0.25, -0.2) is 8.78 Å². The topological polar surface area (TPSA) is 76.7 Å². The van der Waals surface area contributed by atoms with Crippen molar-refractivity contribution in [2.24, 2.45) is 10.7 Å². The maximum absolute atomic E-state index is 13.7. The Hall–Kier alpha value is -1.83. The molecule has 26 heavy (non-hydrogen) atoms. The summed E-state index contributed by atoms with van der Waals surface area (Å²) in [5.41, 5.74) is 5.85. The van der Waals surface area contributed by atoms with Crippen LogP contribution in [0.1, 0.15) is 24.8 Å². The molecule has 0 unspecified atom stereocenters. The minimum atomic E-state index is -0.701. The van der Waals surface area contributed by atoms with Crippen molar-refractivity contribution < 1.29 is 18.3 Å². The van der Waals surface area contributed by atoms with Gasteiger partial charge >= 0.3 is 0 Å². The van der Waals surface area contributed by atoms with Gasteiger partial charge < -0.3 is 15.8 Å². The lowest BCUT2D eigenvalue weighted by Crippen LogP contribution is -2.35. The minimum Gasteiger partial charge on any atom is -0.396 e. The van der Waals surface area contributed by atoms with Crippen LogP contribution in [0.15, 0.2) is 34.5 Å². The van der Waals surface area contributed by atoms with Crippen molar-refractivity contribution in [2.75, 3.05) is 19.8 Å². The van der Waals surface area contributed by atoms with Gasteiger partial charge in [-0.1, -0.05) is 17.7 Å². The molecule has 1 saturated heterocycles. The zero-order valence-corrected chi connectivity index (χ0v) is 15.1. The highest BCUT2D eigenvalue weighted by Gasteiger charge is 2.15. The molecule has 0 atom stereocenters. The summed E-state index contributed by atoms with van der Waals surface area (Å²) in [6, 6.07) is 3.91. The third-order valence-corrected chi connectivity index (χ3v) is 4.54. The van der Waals surface area contributed by atoms with E-state index in [1.54, 1.807) is 0 Å². The van der Waals surface area contributed by atoms with Gasteiger partial charge in [0.25, 0.3) is 0 Å². The average molecular weight is 386 g/mol. The molecule has 142 valence electrons. The molecule has 1 aliphatic rings. The van der Waals surface area contributed by atoms with Gasteiger partial charge in [0.1, 0.15) is 16.8 Å². The number of ether oxygens (including phenoxy) is 1. The predicted molar refractivity (Wildman–Crippen MR) is 97.1 cm³/mol. The number of hydrogen-bond acceptors (Lipinski definition) is 5. The Kier molecular flexibility index (Phi) is 8.15. The first-order valence-corrected chi connectivity index (χ1v) is 8.78. The first-order valence-electron chi connectivity index (χ1n) is 8.41. The average Bonchev–Trinajstić information content (AvgIpc) is 2.65. The molecule has 1 fully saturated rings. The number of aldehydes is 1. The molecule has 1 aromatic carbocycles. The predicted octanol–water partition coefficient (Wildman–Crippen LogP) is 2.67. The summed E-state index contributed by atoms with van der Waals surface area (Å²) in [6.45, 7) is 1.70. The number of nitrogens with one attached hydrogen (secondary N) is 1. The Morgan fingerprint density at radius 1 is 1.35 bits per heavy atom. The molecule has 0 spiro atoms. The molecule has 8 heteroatoms. The van der Waals surface area contributed by atoms with E-state index in [4.69, 9.17) is 22.1 Å². The van der Waals surface area contributed by atoms with Gasteiger partial charge in [-0.15, -0.1) is 0 Å². The number of halogens is 3. The summed E-state index contributed by atoms with van der Waals surface area (Å²) in [7, 11) is 0. The van der Waals surface area contributed by atoms with Crippen LogP contribution >= 0.6 is 11.6 Å². The van der Waals surface area contributed by atoms with E-state index in [1.807, 2.05) is 0 Å². The van der Waals surface area contributed by atoms with E-state index in [1.165, 1.54) is 6.07 Å². The van der Waals surface area contributed by atoms with Crippen molar-refractivity contribution in [2.45, 2.75) is 31.8 Å². The fraction of sp³-hybridized carbons (Fsp3) is 0.444. The third-order valence-electron chi connectivity index (χ3n) is 4.19. The maximum Gasteiger partial charge on any atom is 0.166 e. The van der Waals surface area contributed by atoms with Gasteiger partial charge in [0.15, 0.2) is 6.29 Å². The zero-order chi connectivity index (χ0) is 18.9. The van der Waals surface area contributed by atoms with Crippen molar-refractivity contribution in [1.29, 1.82) is 0 Å². The molecule has 2 rings (SSSR count). The molecular weight excluding hydrogens is 364 g/mol. The van der Waals surface area contributed by atoms with Gasteiger partial charge in [-0.3, -0.25) is 9.79 Å². The first-order chi connectivity index (χ1) is 12.5. The first kappa shape index (κ1) is 20.5. The Labute approximate surface area is 156 Å². The van der Waals surface area contributed by atoms with Crippen molar-refractivity contribution in [3.63, 3.8) is 0 Å². The second-order valence-corrected chi connectivity index (χ2v) is 6.31. The van der Waals surface area contributed by atoms with Crippen LogP contribution in [-0.2, 0) is 16.1 Å². The molecule has 5 nitrogen and oxygen atoms in total. The lowest BCUT2D eigenvalue weighted by atomic mass is 10.1. The molecule has 0 radical (unpaired) electrons. The van der Waals surface area contributed by atoms with Gasteiger partial charge in [0, 0.05) is 30.4 Å². The Bertz CT molecular complexity index is 669. The van der Waals surface area contributed by atoms with Crippen molar-refractivity contribution in [3.05, 3.63) is 46.7 Å². The highest BCUT2D eigenvalue weighted by atomic mass is 35.5. The van der Waals surface area contributed by atoms with Crippen LogP contribution in [0.2, 0.25) is 0 Å². The van der Waals surface area contributed by atoms with Crippen molar-refractivity contribution >= 4 is 23.1 Å². The van der Waals surface area contributed by atoms with Crippen LogP contribution in [0.25, 0.3) is 0 Å². The molecule has 1 heterocycles. The molecular formula is C18H22ClF2N3O2. The van der Waals surface area contributed by atoms with Gasteiger partial charge in [0.2, 0.25) is 0 Å². The van der Waals surface area contributed by atoms with Crippen LogP contribution in [-0.4, -0.2) is 37.3 Å². The molecule has 0 bridgehead atoms. The summed E-state index contributed by atoms with van der Waals surface area (Å²) in [5, 5.41) is 3.34. The molecule has 0 aliphatic carbocycles. The number of carbonyl (C=O) groups is 1. The normalized spacial score (nSPS) is 17.1. The number of nitrogens with zero attached hydrogens (tertiary/aromatic N) is 1. The smallest absolute Gasteiger partial charge is 0.166 e. The van der Waals surface area contributed by atoms with Crippen LogP contribution in [0.3, 0.4) is 0 Å². The molecule has 1 aromatic rings. The number of rotatable bonds is 8. The third kappa shape index (κ3) is 5.86. The highest BCUT2D eigenvalue weighted by Crippen LogP contribution is 2.16. The van der Waals surface area contributed by atoms with E-state index in [0.717, 1.165) is 25.0 Å². The van der Waals surface area contributed by atoms with Crippen molar-refractivity contribution in [1.82, 2.24) is 5.32 Å². The van der Waals surface area contributed by atoms with E-state index in [9.17, 15) is 13.6 Å². The SMILES string of the molecule is NC(C=O)=C(CCNC1CCOCC1)C(Cl)=NCc1c(F)cccc1F. The second kappa shape index (κ2) is 10.4. The monoisotopic (exact) mass is 385 g/mol. The van der Waals surface area contributed by atoms with E-state index in [2.05, 4.69) is 10.3 Å². The number of nitrogens with two attached hydrogens (primary N) is 1. The number of benzene rings is 1. The van der Waals surface area contributed by atoms with Gasteiger partial charge in [-0.05, 0) is 37.9 Å². The van der Waals surface area contributed by atoms with E-state index >= 15 is 0 Å². The second-order valence-electron chi connectivity index (χ2n) is 5.95. The van der Waals surface area contributed by atoms with Gasteiger partial charge in [0.05, 0.1) is 12.2 Å². The van der Waals surface area contributed by atoms with Crippen LogP contribution in [0, 0.1) is 11.6 Å². The molecule has 0 amide bonds. The van der Waals surface area contributed by atoms with Crippen molar-refractivity contribution in [3.8, 4) is 0 Å². The lowest BCUT2D eigenvalue weighted by molar-refractivity contribution is -0.105. The lowest BCUT2D eigenvalue weighted by Gasteiger charge is -2.23. The van der Waals surface area contributed by atoms with E-state index < -0.39 is 11.6 Å². The zero-order valence-electron chi connectivity index (χ0n) is 14.3. The number of hydrogen-bond donors (Lipinski definition) is 2. The van der Waals surface area contributed by atoms with E-state index in [0.29, 0.717) is 44.1 Å². The van der Waals surface area contributed by atoms with Crippen LogP contribution in [0.5, 0.6) is 0 Å². The summed E-state index contributed by atoms with van der Waals surface area (Å²) >= 11 is 6.16. The fourth-order valence-corrected chi connectivity index (χ4v) is 2.93. The summed E-state index contributed by atoms with van der Waals surface area (Å²) < 4.78 is 32.6. The van der Waals surface area contributed by atoms with Crippen LogP contribution < -0.4 is 11.1 Å².